The fraction of sp³-hybridized carbons (Fsp3) is 0.105. The number of nitrogens with one attached hydrogen (secondary N) is 1. The molecule has 2 aromatic carbocycles. The number of ketones is 1. The molecule has 0 saturated heterocycles. The van der Waals surface area contributed by atoms with Gasteiger partial charge in [-0.3, -0.25) is 4.79 Å². The van der Waals surface area contributed by atoms with E-state index in [9.17, 15) is 4.79 Å². The molecule has 0 aliphatic rings. The Morgan fingerprint density at radius 3 is 2.35 bits per heavy atom. The lowest BCUT2D eigenvalue weighted by atomic mass is 10.0. The summed E-state index contributed by atoms with van der Waals surface area (Å²) < 4.78 is 5.17. The summed E-state index contributed by atoms with van der Waals surface area (Å²) in [6.07, 6.45) is 0. The molecule has 3 aromatic rings. The first-order valence-corrected chi connectivity index (χ1v) is 8.19. The van der Waals surface area contributed by atoms with Crippen LogP contribution in [0.1, 0.15) is 21.3 Å². The maximum Gasteiger partial charge on any atom is 0.199 e. The van der Waals surface area contributed by atoms with Gasteiger partial charge in [0.05, 0.1) is 12.0 Å². The van der Waals surface area contributed by atoms with Crippen LogP contribution in [0.2, 0.25) is 0 Å². The van der Waals surface area contributed by atoms with Crippen molar-refractivity contribution in [1.82, 2.24) is 0 Å². The van der Waals surface area contributed by atoms with Crippen LogP contribution in [0.25, 0.3) is 0 Å². The lowest BCUT2D eigenvalue weighted by molar-refractivity contribution is 0.0973. The van der Waals surface area contributed by atoms with E-state index >= 15 is 0 Å². The summed E-state index contributed by atoms with van der Waals surface area (Å²) in [5, 5.41) is 5.26. The van der Waals surface area contributed by atoms with E-state index in [-0.39, 0.29) is 5.78 Å². The summed E-state index contributed by atoms with van der Waals surface area (Å²) in [4.78, 5) is 13.6. The van der Waals surface area contributed by atoms with Crippen LogP contribution in [-0.2, 0) is 0 Å². The fourth-order valence-electron chi connectivity index (χ4n) is 2.36. The van der Waals surface area contributed by atoms with Crippen molar-refractivity contribution in [1.29, 1.82) is 0 Å². The van der Waals surface area contributed by atoms with Gasteiger partial charge in [0.2, 0.25) is 0 Å². The van der Waals surface area contributed by atoms with Crippen LogP contribution < -0.4 is 10.1 Å². The Bertz CT molecular complexity index is 752. The predicted molar refractivity (Wildman–Crippen MR) is 94.4 cm³/mol. The van der Waals surface area contributed by atoms with Crippen LogP contribution in [0.5, 0.6) is 5.75 Å². The third-order valence-electron chi connectivity index (χ3n) is 3.56. The molecule has 1 aromatic heterocycles. The quantitative estimate of drug-likeness (QED) is 0.663. The summed E-state index contributed by atoms with van der Waals surface area (Å²) in [7, 11) is 1.63. The van der Waals surface area contributed by atoms with E-state index in [1.807, 2.05) is 72.1 Å². The van der Waals surface area contributed by atoms with Gasteiger partial charge < -0.3 is 10.1 Å². The van der Waals surface area contributed by atoms with Crippen LogP contribution >= 0.6 is 11.3 Å². The van der Waals surface area contributed by atoms with Gasteiger partial charge in [0.15, 0.2) is 5.78 Å². The summed E-state index contributed by atoms with van der Waals surface area (Å²) in [5.41, 5.74) is 1.83. The predicted octanol–water partition coefficient (Wildman–Crippen LogP) is 4.79. The van der Waals surface area contributed by atoms with Gasteiger partial charge in [0.1, 0.15) is 11.8 Å². The monoisotopic (exact) mass is 323 g/mol. The summed E-state index contributed by atoms with van der Waals surface area (Å²) in [6, 6.07) is 20.7. The maximum absolute atomic E-state index is 12.9. The van der Waals surface area contributed by atoms with Crippen molar-refractivity contribution in [3.05, 3.63) is 82.6 Å². The molecular formula is C19H17NO2S. The highest BCUT2D eigenvalue weighted by atomic mass is 32.1. The smallest absolute Gasteiger partial charge is 0.199 e. The molecule has 1 heterocycles. The first-order chi connectivity index (χ1) is 11.3. The molecule has 0 aliphatic heterocycles. The van der Waals surface area contributed by atoms with Gasteiger partial charge >= 0.3 is 0 Å². The molecule has 0 fully saturated rings. The lowest BCUT2D eigenvalue weighted by Crippen LogP contribution is -2.20. The molecule has 23 heavy (non-hydrogen) atoms. The van der Waals surface area contributed by atoms with Gasteiger partial charge in [-0.2, -0.15) is 0 Å². The Kier molecular flexibility index (Phi) is 4.74. The number of rotatable bonds is 6. The number of carbonyl (C=O) groups excluding carboxylic acids is 1. The summed E-state index contributed by atoms with van der Waals surface area (Å²) in [6.45, 7) is 0. The molecule has 3 nitrogen and oxygen atoms in total. The first-order valence-electron chi connectivity index (χ1n) is 7.31. The van der Waals surface area contributed by atoms with Crippen LogP contribution in [0.4, 0.5) is 5.69 Å². The number of anilines is 1. The normalized spacial score (nSPS) is 11.7. The number of benzene rings is 2. The van der Waals surface area contributed by atoms with E-state index in [2.05, 4.69) is 5.32 Å². The third kappa shape index (κ3) is 3.60. The highest BCUT2D eigenvalue weighted by molar-refractivity contribution is 7.12. The van der Waals surface area contributed by atoms with Crippen molar-refractivity contribution in [2.24, 2.45) is 0 Å². The van der Waals surface area contributed by atoms with Crippen molar-refractivity contribution in [2.75, 3.05) is 12.4 Å². The number of hydrogen-bond acceptors (Lipinski definition) is 4. The number of carbonyl (C=O) groups is 1. The Labute approximate surface area is 139 Å². The second-order valence-corrected chi connectivity index (χ2v) is 6.01. The number of hydrogen-bond donors (Lipinski definition) is 1. The largest absolute Gasteiger partial charge is 0.497 e. The van der Waals surface area contributed by atoms with Crippen LogP contribution in [0, 0.1) is 0 Å². The molecule has 116 valence electrons. The molecule has 0 unspecified atom stereocenters. The minimum absolute atomic E-state index is 0.0713. The summed E-state index contributed by atoms with van der Waals surface area (Å²) in [5.74, 6) is 0.860. The maximum atomic E-state index is 12.9. The average molecular weight is 323 g/mol. The Hall–Kier alpha value is -2.59. The SMILES string of the molecule is COc1ccc(N[C@H](C(=O)c2cccs2)c2ccccc2)cc1. The van der Waals surface area contributed by atoms with Crippen LogP contribution in [0.3, 0.4) is 0 Å². The van der Waals surface area contributed by atoms with Crippen molar-refractivity contribution >= 4 is 22.8 Å². The molecule has 1 atom stereocenters. The lowest BCUT2D eigenvalue weighted by Gasteiger charge is -2.19. The standard InChI is InChI=1S/C19H17NO2S/c1-22-16-11-9-15(10-12-16)20-18(14-6-3-2-4-7-14)19(21)17-8-5-13-23-17/h2-13,18,20H,1H3/t18-/m0/s1. The Balaban J connectivity index is 1.90. The van der Waals surface area contributed by atoms with Crippen LogP contribution in [0.15, 0.2) is 72.1 Å². The van der Waals surface area contributed by atoms with Gasteiger partial charge in [-0.15, -0.1) is 11.3 Å². The van der Waals surface area contributed by atoms with Gasteiger partial charge in [0, 0.05) is 5.69 Å². The van der Waals surface area contributed by atoms with Crippen molar-refractivity contribution in [3.63, 3.8) is 0 Å². The van der Waals surface area contributed by atoms with Crippen molar-refractivity contribution < 1.29 is 9.53 Å². The topological polar surface area (TPSA) is 38.3 Å². The third-order valence-corrected chi connectivity index (χ3v) is 4.44. The molecule has 0 radical (unpaired) electrons. The molecule has 1 N–H and O–H groups in total. The number of methoxy groups -OCH3 is 1. The molecular weight excluding hydrogens is 306 g/mol. The molecule has 0 amide bonds. The Morgan fingerprint density at radius 2 is 1.74 bits per heavy atom. The van der Waals surface area contributed by atoms with Gasteiger partial charge in [0.25, 0.3) is 0 Å². The first kappa shape index (κ1) is 15.3. The van der Waals surface area contributed by atoms with Crippen LogP contribution in [-0.4, -0.2) is 12.9 Å². The molecule has 0 spiro atoms. The van der Waals surface area contributed by atoms with E-state index in [4.69, 9.17) is 4.74 Å². The Morgan fingerprint density at radius 1 is 1.00 bits per heavy atom. The van der Waals surface area contributed by atoms with Crippen molar-refractivity contribution in [3.8, 4) is 5.75 Å². The van der Waals surface area contributed by atoms with E-state index < -0.39 is 6.04 Å². The van der Waals surface area contributed by atoms with E-state index in [0.29, 0.717) is 0 Å². The minimum Gasteiger partial charge on any atom is -0.497 e. The highest BCUT2D eigenvalue weighted by Gasteiger charge is 2.22. The number of Topliss-reactive ketones (excluding diaryl/α,β-unsaturated/α-hetero) is 1. The van der Waals surface area contributed by atoms with Gasteiger partial charge in [-0.1, -0.05) is 36.4 Å². The highest BCUT2D eigenvalue weighted by Crippen LogP contribution is 2.26. The minimum atomic E-state index is -0.414. The van der Waals surface area contributed by atoms with E-state index in [1.165, 1.54) is 11.3 Å². The second kappa shape index (κ2) is 7.11. The zero-order chi connectivity index (χ0) is 16.1. The molecule has 0 saturated carbocycles. The zero-order valence-electron chi connectivity index (χ0n) is 12.7. The number of thiophene rings is 1. The van der Waals surface area contributed by atoms with Gasteiger partial charge in [-0.05, 0) is 41.3 Å². The molecule has 3 rings (SSSR count). The molecule has 4 heteroatoms. The fourth-order valence-corrected chi connectivity index (χ4v) is 3.06. The second-order valence-electron chi connectivity index (χ2n) is 5.06. The number of ether oxygens (including phenoxy) is 1. The zero-order valence-corrected chi connectivity index (χ0v) is 13.5. The van der Waals surface area contributed by atoms with E-state index in [0.717, 1.165) is 21.9 Å². The molecule has 0 aliphatic carbocycles. The van der Waals surface area contributed by atoms with E-state index in [1.54, 1.807) is 7.11 Å². The van der Waals surface area contributed by atoms with Gasteiger partial charge in [-0.25, -0.2) is 0 Å². The average Bonchev–Trinajstić information content (AvgIpc) is 3.15. The summed E-state index contributed by atoms with van der Waals surface area (Å²) >= 11 is 1.46. The molecule has 0 bridgehead atoms. The van der Waals surface area contributed by atoms with Crippen molar-refractivity contribution in [2.45, 2.75) is 6.04 Å².